The Bertz CT molecular complexity index is 1250. The zero-order chi connectivity index (χ0) is 23.2. The van der Waals surface area contributed by atoms with Crippen LogP contribution >= 0.6 is 11.6 Å². The van der Waals surface area contributed by atoms with Crippen molar-refractivity contribution >= 4 is 29.1 Å². The molecule has 2 N–H and O–H groups in total. The lowest BCUT2D eigenvalue weighted by molar-refractivity contribution is 0.0943. The molecule has 2 amide bonds. The van der Waals surface area contributed by atoms with Gasteiger partial charge in [0, 0.05) is 18.9 Å². The molecule has 0 fully saturated rings. The summed E-state index contributed by atoms with van der Waals surface area (Å²) in [5.74, 6) is 0.169. The van der Waals surface area contributed by atoms with Gasteiger partial charge in [0.05, 0.1) is 23.5 Å². The third kappa shape index (κ3) is 5.24. The summed E-state index contributed by atoms with van der Waals surface area (Å²) in [5, 5.41) is 14.3. The number of para-hydroxylation sites is 1. The van der Waals surface area contributed by atoms with Gasteiger partial charge in [0.15, 0.2) is 12.4 Å². The van der Waals surface area contributed by atoms with Crippen LogP contribution in [0, 0.1) is 0 Å². The minimum absolute atomic E-state index is 0.0236. The van der Waals surface area contributed by atoms with E-state index in [2.05, 4.69) is 20.8 Å². The highest BCUT2D eigenvalue weighted by atomic mass is 35.5. The van der Waals surface area contributed by atoms with Gasteiger partial charge in [-0.3, -0.25) is 14.3 Å². The number of furan rings is 1. The van der Waals surface area contributed by atoms with Crippen molar-refractivity contribution in [3.63, 3.8) is 0 Å². The highest BCUT2D eigenvalue weighted by molar-refractivity contribution is 6.32. The minimum Gasteiger partial charge on any atom is -0.470 e. The third-order valence-corrected chi connectivity index (χ3v) is 4.99. The smallest absolute Gasteiger partial charge is 0.274 e. The Kier molecular flexibility index (Phi) is 6.75. The molecule has 0 aliphatic carbocycles. The van der Waals surface area contributed by atoms with E-state index in [0.29, 0.717) is 23.1 Å². The normalized spacial score (nSPS) is 10.7. The Morgan fingerprint density at radius 2 is 2.00 bits per heavy atom. The van der Waals surface area contributed by atoms with Crippen molar-refractivity contribution in [2.24, 2.45) is 0 Å². The number of benzene rings is 1. The van der Waals surface area contributed by atoms with E-state index in [4.69, 9.17) is 20.8 Å². The first-order chi connectivity index (χ1) is 16.0. The third-order valence-electron chi connectivity index (χ3n) is 4.68. The number of amides is 2. The number of aryl methyl sites for hydroxylation is 1. The van der Waals surface area contributed by atoms with Crippen molar-refractivity contribution in [2.75, 3.05) is 5.32 Å². The van der Waals surface area contributed by atoms with Crippen LogP contribution in [0.3, 0.4) is 0 Å². The van der Waals surface area contributed by atoms with Crippen LogP contribution in [0.2, 0.25) is 5.02 Å². The number of halogens is 1. The van der Waals surface area contributed by atoms with Crippen molar-refractivity contribution in [3.05, 3.63) is 83.3 Å². The van der Waals surface area contributed by atoms with Gasteiger partial charge in [-0.2, -0.15) is 10.2 Å². The molecule has 0 spiro atoms. The van der Waals surface area contributed by atoms with E-state index in [-0.39, 0.29) is 30.4 Å². The Hall–Kier alpha value is -4.05. The number of nitrogens with zero attached hydrogens (tertiary/aromatic N) is 4. The average Bonchev–Trinajstić information content (AvgIpc) is 3.57. The molecule has 0 bridgehead atoms. The minimum atomic E-state index is -0.467. The molecular weight excluding hydrogens is 448 g/mol. The summed E-state index contributed by atoms with van der Waals surface area (Å²) in [6, 6.07) is 12.0. The molecule has 10 nitrogen and oxygen atoms in total. The van der Waals surface area contributed by atoms with Crippen LogP contribution in [0.5, 0.6) is 5.75 Å². The second-order valence-corrected chi connectivity index (χ2v) is 7.29. The van der Waals surface area contributed by atoms with Crippen LogP contribution in [0.1, 0.15) is 33.7 Å². The van der Waals surface area contributed by atoms with E-state index in [1.165, 1.54) is 17.1 Å². The summed E-state index contributed by atoms with van der Waals surface area (Å²) >= 11 is 6.11. The monoisotopic (exact) mass is 468 g/mol. The lowest BCUT2D eigenvalue weighted by atomic mass is 10.3. The zero-order valence-electron chi connectivity index (χ0n) is 17.7. The molecule has 3 aromatic heterocycles. The average molecular weight is 469 g/mol. The van der Waals surface area contributed by atoms with E-state index >= 15 is 0 Å². The van der Waals surface area contributed by atoms with Crippen LogP contribution in [0.25, 0.3) is 0 Å². The SMILES string of the molecule is CCn1cc(NC(=O)c2ccnn2COc2ccccc2Cl)c(C(=O)NCc2ccco2)n1. The molecule has 0 aliphatic rings. The van der Waals surface area contributed by atoms with Gasteiger partial charge < -0.3 is 19.8 Å². The number of carbonyl (C=O) groups excluding carboxylic acids is 2. The van der Waals surface area contributed by atoms with Gasteiger partial charge in [0.25, 0.3) is 11.8 Å². The Balaban J connectivity index is 1.46. The maximum absolute atomic E-state index is 13.0. The second-order valence-electron chi connectivity index (χ2n) is 6.88. The molecule has 0 radical (unpaired) electrons. The first-order valence-corrected chi connectivity index (χ1v) is 10.5. The molecule has 0 unspecified atom stereocenters. The quantitative estimate of drug-likeness (QED) is 0.388. The Morgan fingerprint density at radius 3 is 2.76 bits per heavy atom. The van der Waals surface area contributed by atoms with Gasteiger partial charge in [-0.25, -0.2) is 4.68 Å². The number of hydrogen-bond acceptors (Lipinski definition) is 6. The number of hydrogen-bond donors (Lipinski definition) is 2. The van der Waals surface area contributed by atoms with Crippen molar-refractivity contribution in [3.8, 4) is 5.75 Å². The zero-order valence-corrected chi connectivity index (χ0v) is 18.5. The first-order valence-electron chi connectivity index (χ1n) is 10.1. The molecule has 0 saturated carbocycles. The summed E-state index contributed by atoms with van der Waals surface area (Å²) in [5.41, 5.74) is 0.613. The van der Waals surface area contributed by atoms with Crippen LogP contribution in [-0.2, 0) is 19.8 Å². The molecule has 0 atom stereocenters. The van der Waals surface area contributed by atoms with Crippen molar-refractivity contribution < 1.29 is 18.7 Å². The summed E-state index contributed by atoms with van der Waals surface area (Å²) < 4.78 is 13.9. The van der Waals surface area contributed by atoms with Gasteiger partial charge in [0.2, 0.25) is 0 Å². The van der Waals surface area contributed by atoms with Crippen LogP contribution < -0.4 is 15.4 Å². The summed E-state index contributed by atoms with van der Waals surface area (Å²) in [4.78, 5) is 25.6. The molecular formula is C22H21ClN6O4. The number of anilines is 1. The van der Waals surface area contributed by atoms with Gasteiger partial charge in [0.1, 0.15) is 17.2 Å². The van der Waals surface area contributed by atoms with Crippen molar-refractivity contribution in [2.45, 2.75) is 26.7 Å². The fourth-order valence-corrected chi connectivity index (χ4v) is 3.20. The molecule has 4 rings (SSSR count). The molecule has 11 heteroatoms. The molecule has 4 aromatic rings. The van der Waals surface area contributed by atoms with Crippen molar-refractivity contribution in [1.82, 2.24) is 24.9 Å². The Morgan fingerprint density at radius 1 is 1.15 bits per heavy atom. The number of ether oxygens (including phenoxy) is 1. The van der Waals surface area contributed by atoms with E-state index in [9.17, 15) is 9.59 Å². The van der Waals surface area contributed by atoms with Gasteiger partial charge >= 0.3 is 0 Å². The maximum Gasteiger partial charge on any atom is 0.274 e. The van der Waals surface area contributed by atoms with Gasteiger partial charge in [-0.05, 0) is 37.3 Å². The van der Waals surface area contributed by atoms with Gasteiger partial charge in [-0.1, -0.05) is 23.7 Å². The number of nitrogens with one attached hydrogen (secondary N) is 2. The number of aromatic nitrogens is 4. The van der Waals surface area contributed by atoms with Crippen molar-refractivity contribution in [1.29, 1.82) is 0 Å². The Labute approximate surface area is 194 Å². The maximum atomic E-state index is 13.0. The molecule has 1 aromatic carbocycles. The van der Waals surface area contributed by atoms with Crippen LogP contribution in [-0.4, -0.2) is 31.4 Å². The van der Waals surface area contributed by atoms with Crippen LogP contribution in [0.4, 0.5) is 5.69 Å². The van der Waals surface area contributed by atoms with Gasteiger partial charge in [-0.15, -0.1) is 0 Å². The predicted molar refractivity (Wildman–Crippen MR) is 120 cm³/mol. The topological polar surface area (TPSA) is 116 Å². The molecule has 33 heavy (non-hydrogen) atoms. The summed E-state index contributed by atoms with van der Waals surface area (Å²) in [6.07, 6.45) is 4.61. The van der Waals surface area contributed by atoms with Crippen LogP contribution in [0.15, 0.2) is 65.5 Å². The van der Waals surface area contributed by atoms with E-state index in [1.54, 1.807) is 53.3 Å². The van der Waals surface area contributed by atoms with E-state index < -0.39 is 11.8 Å². The predicted octanol–water partition coefficient (Wildman–Crippen LogP) is 3.56. The second kappa shape index (κ2) is 10.0. The highest BCUT2D eigenvalue weighted by Crippen LogP contribution is 2.23. The summed E-state index contributed by atoms with van der Waals surface area (Å²) in [6.45, 7) is 2.58. The molecule has 0 saturated heterocycles. The van der Waals surface area contributed by atoms with E-state index in [1.807, 2.05) is 6.92 Å². The standard InChI is InChI=1S/C22H21ClN6O4/c1-2-28-13-17(20(27-28)22(31)24-12-15-6-5-11-32-15)26-21(30)18-9-10-25-29(18)14-33-19-8-4-3-7-16(19)23/h3-11,13H,2,12,14H2,1H3,(H,24,31)(H,26,30). The lowest BCUT2D eigenvalue weighted by Gasteiger charge is -2.11. The molecule has 3 heterocycles. The number of rotatable bonds is 9. The van der Waals surface area contributed by atoms with E-state index in [0.717, 1.165) is 0 Å². The fraction of sp³-hybridized carbons (Fsp3) is 0.182. The first kappa shape index (κ1) is 22.2. The summed E-state index contributed by atoms with van der Waals surface area (Å²) in [7, 11) is 0. The fourth-order valence-electron chi connectivity index (χ4n) is 3.01. The largest absolute Gasteiger partial charge is 0.470 e. The highest BCUT2D eigenvalue weighted by Gasteiger charge is 2.21. The molecule has 0 aliphatic heterocycles. The molecule has 170 valence electrons. The lowest BCUT2D eigenvalue weighted by Crippen LogP contribution is -2.25. The number of carbonyl (C=O) groups is 2.